The van der Waals surface area contributed by atoms with E-state index in [9.17, 15) is 4.79 Å². The monoisotopic (exact) mass is 364 g/mol. The van der Waals surface area contributed by atoms with Crippen LogP contribution in [-0.4, -0.2) is 16.3 Å². The Balaban J connectivity index is 2.11. The van der Waals surface area contributed by atoms with Gasteiger partial charge in [0, 0.05) is 16.3 Å². The van der Waals surface area contributed by atoms with E-state index in [1.165, 1.54) is 16.3 Å². The largest absolute Gasteiger partial charge is 0.446 e. The van der Waals surface area contributed by atoms with Crippen LogP contribution in [0.25, 0.3) is 5.70 Å². The lowest BCUT2D eigenvalue weighted by Crippen LogP contribution is -2.35. The molecule has 0 spiro atoms. The molecule has 0 radical (unpaired) electrons. The van der Waals surface area contributed by atoms with Gasteiger partial charge in [0.25, 0.3) is 0 Å². The number of hydrogen-bond acceptors (Lipinski definition) is 5. The number of nitrogens with zero attached hydrogens (tertiary/aromatic N) is 2. The molecule has 2 aromatic rings. The molecule has 2 heterocycles. The van der Waals surface area contributed by atoms with E-state index >= 15 is 0 Å². The normalized spacial score (nSPS) is 20.2. The fraction of sp³-hybridized carbons (Fsp3) is 0.294. The second-order valence-electron chi connectivity index (χ2n) is 5.30. The minimum Gasteiger partial charge on any atom is -0.348 e. The Labute approximate surface area is 148 Å². The molecule has 126 valence electrons. The summed E-state index contributed by atoms with van der Waals surface area (Å²) in [4.78, 5) is 11.1. The predicted molar refractivity (Wildman–Crippen MR) is 95.9 cm³/mol. The number of benzene rings is 1. The van der Waals surface area contributed by atoms with Crippen LogP contribution in [0.1, 0.15) is 31.7 Å². The van der Waals surface area contributed by atoms with Crippen molar-refractivity contribution >= 4 is 29.1 Å². The smallest absolute Gasteiger partial charge is 0.348 e. The minimum absolute atomic E-state index is 0.386. The fourth-order valence-electron chi connectivity index (χ4n) is 2.49. The van der Waals surface area contributed by atoms with Gasteiger partial charge in [0.1, 0.15) is 0 Å². The van der Waals surface area contributed by atoms with Gasteiger partial charge < -0.3 is 4.74 Å². The highest BCUT2D eigenvalue weighted by Gasteiger charge is 2.44. The molecule has 7 heteroatoms. The molecule has 0 N–H and O–H groups in total. The van der Waals surface area contributed by atoms with Crippen LogP contribution in [0, 0.1) is 0 Å². The highest BCUT2D eigenvalue weighted by atomic mass is 35.5. The van der Waals surface area contributed by atoms with Crippen LogP contribution < -0.4 is 5.76 Å². The molecule has 1 unspecified atom stereocenters. The Morgan fingerprint density at radius 2 is 2.12 bits per heavy atom. The topological polar surface area (TPSA) is 57.3 Å². The van der Waals surface area contributed by atoms with Crippen LogP contribution >= 0.6 is 23.4 Å². The molecule has 1 aliphatic rings. The summed E-state index contributed by atoms with van der Waals surface area (Å²) in [7, 11) is 0. The van der Waals surface area contributed by atoms with Crippen LogP contribution in [0.2, 0.25) is 5.02 Å². The van der Waals surface area contributed by atoms with E-state index in [0.29, 0.717) is 17.5 Å². The van der Waals surface area contributed by atoms with Crippen molar-refractivity contribution in [3.63, 3.8) is 0 Å². The summed E-state index contributed by atoms with van der Waals surface area (Å²) in [5.74, 6) is -0.102. The fourth-order valence-corrected chi connectivity index (χ4v) is 3.70. The van der Waals surface area contributed by atoms with Gasteiger partial charge in [-0.1, -0.05) is 59.7 Å². The SMILES string of the molecule is CC/C=C/COC1(c2ccc(Cl)cc2)SC=C(C)n2c1noc2=O. The van der Waals surface area contributed by atoms with E-state index in [4.69, 9.17) is 20.9 Å². The number of halogens is 1. The molecule has 3 rings (SSSR count). The lowest BCUT2D eigenvalue weighted by Gasteiger charge is -2.33. The summed E-state index contributed by atoms with van der Waals surface area (Å²) < 4.78 is 12.5. The molecule has 1 aromatic carbocycles. The van der Waals surface area contributed by atoms with Crippen molar-refractivity contribution in [3.05, 3.63) is 68.8 Å². The molecular weight excluding hydrogens is 348 g/mol. The van der Waals surface area contributed by atoms with Crippen molar-refractivity contribution in [2.45, 2.75) is 25.2 Å². The molecule has 0 bridgehead atoms. The van der Waals surface area contributed by atoms with Gasteiger partial charge in [-0.25, -0.2) is 9.36 Å². The van der Waals surface area contributed by atoms with E-state index in [1.807, 2.05) is 36.6 Å². The van der Waals surface area contributed by atoms with Crippen molar-refractivity contribution in [3.8, 4) is 0 Å². The van der Waals surface area contributed by atoms with Gasteiger partial charge in [-0.3, -0.25) is 4.52 Å². The van der Waals surface area contributed by atoms with E-state index in [2.05, 4.69) is 12.1 Å². The molecule has 5 nitrogen and oxygen atoms in total. The first-order valence-electron chi connectivity index (χ1n) is 7.57. The summed E-state index contributed by atoms with van der Waals surface area (Å²) in [5.41, 5.74) is 1.59. The Bertz CT molecular complexity index is 838. The van der Waals surface area contributed by atoms with Gasteiger partial charge in [0.15, 0.2) is 0 Å². The number of aromatic nitrogens is 2. The molecule has 0 saturated carbocycles. The van der Waals surface area contributed by atoms with Gasteiger partial charge in [0.2, 0.25) is 10.8 Å². The molecule has 1 atom stereocenters. The third-order valence-electron chi connectivity index (χ3n) is 3.66. The minimum atomic E-state index is -0.964. The molecule has 1 aromatic heterocycles. The van der Waals surface area contributed by atoms with Crippen LogP contribution in [0.15, 0.2) is 51.1 Å². The molecule has 0 aliphatic carbocycles. The lowest BCUT2D eigenvalue weighted by molar-refractivity contribution is 0.0642. The van der Waals surface area contributed by atoms with Crippen molar-refractivity contribution in [1.29, 1.82) is 0 Å². The van der Waals surface area contributed by atoms with Crippen molar-refractivity contribution in [1.82, 2.24) is 9.72 Å². The Morgan fingerprint density at radius 1 is 1.38 bits per heavy atom. The highest BCUT2D eigenvalue weighted by molar-refractivity contribution is 8.03. The Kier molecular flexibility index (Phi) is 4.99. The van der Waals surface area contributed by atoms with Crippen LogP contribution in [0.5, 0.6) is 0 Å². The number of thioether (sulfide) groups is 1. The summed E-state index contributed by atoms with van der Waals surface area (Å²) in [6.07, 6.45) is 4.91. The predicted octanol–water partition coefficient (Wildman–Crippen LogP) is 4.24. The molecule has 0 amide bonds. The summed E-state index contributed by atoms with van der Waals surface area (Å²) in [6, 6.07) is 7.32. The zero-order valence-electron chi connectivity index (χ0n) is 13.4. The lowest BCUT2D eigenvalue weighted by atomic mass is 10.1. The number of ether oxygens (including phenoxy) is 1. The quantitative estimate of drug-likeness (QED) is 0.743. The maximum atomic E-state index is 12.0. The van der Waals surface area contributed by atoms with Crippen LogP contribution in [-0.2, 0) is 9.67 Å². The third kappa shape index (κ3) is 2.97. The number of rotatable bonds is 5. The van der Waals surface area contributed by atoms with Gasteiger partial charge >= 0.3 is 5.76 Å². The first kappa shape index (κ1) is 17.1. The van der Waals surface area contributed by atoms with E-state index < -0.39 is 10.7 Å². The maximum absolute atomic E-state index is 12.0. The van der Waals surface area contributed by atoms with E-state index in [1.54, 1.807) is 12.1 Å². The van der Waals surface area contributed by atoms with Gasteiger partial charge in [-0.05, 0) is 30.9 Å². The van der Waals surface area contributed by atoms with Crippen molar-refractivity contribution < 1.29 is 9.26 Å². The average Bonchev–Trinajstić information content (AvgIpc) is 2.98. The second-order valence-corrected chi connectivity index (χ2v) is 6.78. The maximum Gasteiger partial charge on any atom is 0.446 e. The van der Waals surface area contributed by atoms with Crippen molar-refractivity contribution in [2.24, 2.45) is 0 Å². The number of allylic oxidation sites excluding steroid dienone is 2. The van der Waals surface area contributed by atoms with E-state index in [-0.39, 0.29) is 0 Å². The van der Waals surface area contributed by atoms with Crippen LogP contribution in [0.3, 0.4) is 0 Å². The van der Waals surface area contributed by atoms with Gasteiger partial charge in [0.05, 0.1) is 6.61 Å². The molecule has 1 aliphatic heterocycles. The second kappa shape index (κ2) is 7.01. The highest BCUT2D eigenvalue weighted by Crippen LogP contribution is 2.47. The first-order chi connectivity index (χ1) is 11.6. The van der Waals surface area contributed by atoms with Gasteiger partial charge in [-0.15, -0.1) is 0 Å². The average molecular weight is 365 g/mol. The Morgan fingerprint density at radius 3 is 2.83 bits per heavy atom. The molecular formula is C17H17ClN2O3S. The van der Waals surface area contributed by atoms with E-state index in [0.717, 1.165) is 17.7 Å². The molecule has 0 saturated heterocycles. The summed E-state index contributed by atoms with van der Waals surface area (Å²) in [5, 5.41) is 6.50. The number of hydrogen-bond donors (Lipinski definition) is 0. The third-order valence-corrected chi connectivity index (χ3v) is 5.24. The zero-order chi connectivity index (χ0) is 17.2. The summed E-state index contributed by atoms with van der Waals surface area (Å²) in [6.45, 7) is 4.28. The zero-order valence-corrected chi connectivity index (χ0v) is 14.9. The summed E-state index contributed by atoms with van der Waals surface area (Å²) >= 11 is 7.46. The Hall–Kier alpha value is -1.76. The van der Waals surface area contributed by atoms with Gasteiger partial charge in [-0.2, -0.15) is 0 Å². The number of fused-ring (bicyclic) bond motifs is 1. The van der Waals surface area contributed by atoms with Crippen molar-refractivity contribution in [2.75, 3.05) is 6.61 Å². The molecule has 0 fully saturated rings. The molecule has 24 heavy (non-hydrogen) atoms. The standard InChI is InChI=1S/C17H17ClN2O3S/c1-3-4-5-10-22-17(13-6-8-14(18)9-7-13)15-19-23-16(21)20(15)12(2)11-24-17/h4-9,11H,3,10H2,1-2H3/b5-4+. The first-order valence-corrected chi connectivity index (χ1v) is 8.83. The van der Waals surface area contributed by atoms with Crippen LogP contribution in [0.4, 0.5) is 0 Å².